The molecular weight excluding hydrogens is 170 g/mol. The van der Waals surface area contributed by atoms with Gasteiger partial charge in [0.2, 0.25) is 0 Å². The Balaban J connectivity index is 2.45. The molecule has 1 fully saturated rings. The van der Waals surface area contributed by atoms with Crippen LogP contribution >= 0.6 is 0 Å². The molecule has 0 radical (unpaired) electrons. The van der Waals surface area contributed by atoms with E-state index in [1.165, 1.54) is 12.8 Å². The normalized spacial score (nSPS) is 24.4. The third-order valence-corrected chi connectivity index (χ3v) is 3.37. The zero-order valence-electron chi connectivity index (χ0n) is 8.26. The molecule has 0 amide bonds. The number of rotatable bonds is 2. The Bertz CT molecular complexity index is 191. The third-order valence-electron chi connectivity index (χ3n) is 2.02. The molecule has 0 N–H and O–H groups in total. The maximum absolute atomic E-state index is 11.5. The lowest BCUT2D eigenvalue weighted by Crippen LogP contribution is -2.26. The van der Waals surface area contributed by atoms with Gasteiger partial charge in [-0.3, -0.25) is 0 Å². The van der Waals surface area contributed by atoms with E-state index in [4.69, 9.17) is 0 Å². The summed E-state index contributed by atoms with van der Waals surface area (Å²) in [6, 6.07) is 0. The van der Waals surface area contributed by atoms with Crippen LogP contribution in [-0.4, -0.2) is 15.5 Å². The van der Waals surface area contributed by atoms with Gasteiger partial charge in [-0.05, 0) is 33.6 Å². The lowest BCUT2D eigenvalue weighted by molar-refractivity contribution is 0.561. The van der Waals surface area contributed by atoms with Crippen molar-refractivity contribution in [3.8, 4) is 0 Å². The standard InChI is InChI=1S/C9H17NOS/c1-8(2,3)12(11)10-7-9(4)5-6-9/h7H,5-6H2,1-4H3/b10-7+/t12-/m1/s1. The fraction of sp³-hybridized carbons (Fsp3) is 0.889. The van der Waals surface area contributed by atoms with Crippen molar-refractivity contribution in [2.45, 2.75) is 45.3 Å². The van der Waals surface area contributed by atoms with Crippen molar-refractivity contribution in [1.29, 1.82) is 0 Å². The van der Waals surface area contributed by atoms with Crippen LogP contribution in [0.2, 0.25) is 0 Å². The summed E-state index contributed by atoms with van der Waals surface area (Å²) in [5.41, 5.74) is 0.265. The molecule has 0 heterocycles. The van der Waals surface area contributed by atoms with Crippen molar-refractivity contribution < 1.29 is 4.55 Å². The average Bonchev–Trinajstić information content (AvgIpc) is 2.62. The molecular formula is C9H17NOS. The molecule has 1 aliphatic carbocycles. The highest BCUT2D eigenvalue weighted by Crippen LogP contribution is 2.43. The first-order valence-electron chi connectivity index (χ1n) is 4.31. The molecule has 1 atom stereocenters. The minimum atomic E-state index is -1.07. The van der Waals surface area contributed by atoms with Crippen LogP contribution in [0.15, 0.2) is 4.40 Å². The summed E-state index contributed by atoms with van der Waals surface area (Å²) < 4.78 is 15.3. The van der Waals surface area contributed by atoms with Gasteiger partial charge in [-0.2, -0.15) is 0 Å². The highest BCUT2D eigenvalue weighted by Gasteiger charge is 2.37. The summed E-state index contributed by atoms with van der Waals surface area (Å²) in [5, 5.41) is 0. The molecule has 0 aromatic carbocycles. The number of nitrogens with zero attached hydrogens (tertiary/aromatic N) is 1. The second-order valence-corrected chi connectivity index (χ2v) is 6.68. The molecule has 0 saturated heterocycles. The predicted octanol–water partition coefficient (Wildman–Crippen LogP) is 2.32. The maximum atomic E-state index is 11.5. The molecule has 3 heteroatoms. The monoisotopic (exact) mass is 187 g/mol. The Morgan fingerprint density at radius 3 is 2.25 bits per heavy atom. The van der Waals surface area contributed by atoms with Gasteiger partial charge >= 0.3 is 0 Å². The van der Waals surface area contributed by atoms with E-state index in [0.717, 1.165) is 0 Å². The fourth-order valence-corrected chi connectivity index (χ4v) is 1.33. The summed E-state index contributed by atoms with van der Waals surface area (Å²) in [4.78, 5) is 0. The summed E-state index contributed by atoms with van der Waals surface area (Å²) in [5.74, 6) is 0. The second kappa shape index (κ2) is 3.04. The van der Waals surface area contributed by atoms with Crippen LogP contribution in [-0.2, 0) is 11.4 Å². The van der Waals surface area contributed by atoms with Crippen LogP contribution in [0.4, 0.5) is 0 Å². The second-order valence-electron chi connectivity index (χ2n) is 4.75. The summed E-state index contributed by atoms with van der Waals surface area (Å²) in [6.07, 6.45) is 4.25. The molecule has 70 valence electrons. The van der Waals surface area contributed by atoms with E-state index in [1.807, 2.05) is 27.0 Å². The van der Waals surface area contributed by atoms with Crippen molar-refractivity contribution in [2.24, 2.45) is 9.81 Å². The minimum Gasteiger partial charge on any atom is -0.591 e. The van der Waals surface area contributed by atoms with Gasteiger partial charge in [0.15, 0.2) is 0 Å². The minimum absolute atomic E-state index is 0.220. The van der Waals surface area contributed by atoms with E-state index in [1.54, 1.807) is 0 Å². The van der Waals surface area contributed by atoms with Crippen molar-refractivity contribution in [1.82, 2.24) is 0 Å². The first-order valence-corrected chi connectivity index (χ1v) is 5.41. The van der Waals surface area contributed by atoms with Crippen molar-refractivity contribution >= 4 is 17.6 Å². The SMILES string of the molecule is CC1(/C=N/[S@+]([O-])C(C)(C)C)CC1. The van der Waals surface area contributed by atoms with Gasteiger partial charge in [0.05, 0.1) is 6.21 Å². The molecule has 0 aliphatic heterocycles. The maximum Gasteiger partial charge on any atom is 0.144 e. The van der Waals surface area contributed by atoms with Crippen molar-refractivity contribution in [3.63, 3.8) is 0 Å². The van der Waals surface area contributed by atoms with Gasteiger partial charge in [0.1, 0.15) is 16.1 Å². The van der Waals surface area contributed by atoms with E-state index >= 15 is 0 Å². The summed E-state index contributed by atoms with van der Waals surface area (Å²) >= 11 is -1.07. The van der Waals surface area contributed by atoms with Crippen LogP contribution in [0.5, 0.6) is 0 Å². The molecule has 2 nitrogen and oxygen atoms in total. The summed E-state index contributed by atoms with van der Waals surface area (Å²) in [7, 11) is 0. The molecule has 1 rings (SSSR count). The zero-order chi connectivity index (χ0) is 9.41. The Hall–Kier alpha value is -0.0200. The van der Waals surface area contributed by atoms with Crippen LogP contribution in [0.25, 0.3) is 0 Å². The summed E-state index contributed by atoms with van der Waals surface area (Å²) in [6.45, 7) is 7.97. The molecule has 0 spiro atoms. The molecule has 1 aliphatic rings. The van der Waals surface area contributed by atoms with E-state index < -0.39 is 11.4 Å². The Labute approximate surface area is 77.8 Å². The van der Waals surface area contributed by atoms with E-state index in [9.17, 15) is 4.55 Å². The zero-order valence-corrected chi connectivity index (χ0v) is 9.07. The van der Waals surface area contributed by atoms with E-state index in [2.05, 4.69) is 11.3 Å². The number of hydrogen-bond acceptors (Lipinski definition) is 2. The van der Waals surface area contributed by atoms with E-state index in [-0.39, 0.29) is 10.2 Å². The van der Waals surface area contributed by atoms with Crippen LogP contribution < -0.4 is 0 Å². The van der Waals surface area contributed by atoms with Crippen LogP contribution in [0, 0.1) is 5.41 Å². The largest absolute Gasteiger partial charge is 0.591 e. The van der Waals surface area contributed by atoms with Crippen molar-refractivity contribution in [2.75, 3.05) is 0 Å². The molecule has 0 aromatic rings. The Morgan fingerprint density at radius 1 is 1.42 bits per heavy atom. The smallest absolute Gasteiger partial charge is 0.144 e. The molecule has 0 unspecified atom stereocenters. The average molecular weight is 187 g/mol. The van der Waals surface area contributed by atoms with Gasteiger partial charge in [-0.15, -0.1) is 0 Å². The fourth-order valence-electron chi connectivity index (χ4n) is 0.659. The first kappa shape index (κ1) is 10.1. The van der Waals surface area contributed by atoms with Gasteiger partial charge in [0.25, 0.3) is 0 Å². The highest BCUT2D eigenvalue weighted by atomic mass is 32.2. The molecule has 1 saturated carbocycles. The molecule has 0 bridgehead atoms. The number of hydrogen-bond donors (Lipinski definition) is 0. The topological polar surface area (TPSA) is 35.4 Å². The van der Waals surface area contributed by atoms with Gasteiger partial charge < -0.3 is 4.55 Å². The van der Waals surface area contributed by atoms with Gasteiger partial charge in [-0.25, -0.2) is 0 Å². The van der Waals surface area contributed by atoms with Crippen LogP contribution in [0.3, 0.4) is 0 Å². The molecule has 0 aromatic heterocycles. The Morgan fingerprint density at radius 2 is 1.92 bits per heavy atom. The molecule has 12 heavy (non-hydrogen) atoms. The van der Waals surface area contributed by atoms with Gasteiger partial charge in [0, 0.05) is 5.41 Å². The van der Waals surface area contributed by atoms with Gasteiger partial charge in [-0.1, -0.05) is 11.3 Å². The predicted molar refractivity (Wildman–Crippen MR) is 53.7 cm³/mol. The van der Waals surface area contributed by atoms with Crippen molar-refractivity contribution in [3.05, 3.63) is 0 Å². The first-order chi connectivity index (χ1) is 5.33. The van der Waals surface area contributed by atoms with E-state index in [0.29, 0.717) is 0 Å². The van der Waals surface area contributed by atoms with Crippen LogP contribution in [0.1, 0.15) is 40.5 Å². The third kappa shape index (κ3) is 2.79. The lowest BCUT2D eigenvalue weighted by Gasteiger charge is -2.18. The highest BCUT2D eigenvalue weighted by molar-refractivity contribution is 7.91. The quantitative estimate of drug-likeness (QED) is 0.482. The lowest BCUT2D eigenvalue weighted by atomic mass is 10.2. The Kier molecular flexibility index (Phi) is 2.55.